The van der Waals surface area contributed by atoms with Crippen molar-refractivity contribution in [2.75, 3.05) is 6.61 Å². The summed E-state index contributed by atoms with van der Waals surface area (Å²) in [6.07, 6.45) is 29.8. The van der Waals surface area contributed by atoms with Gasteiger partial charge in [-0.3, -0.25) is 23.7 Å². The lowest BCUT2D eigenvalue weighted by Gasteiger charge is -2.45. The van der Waals surface area contributed by atoms with Crippen molar-refractivity contribution in [1.82, 2.24) is 5.32 Å². The van der Waals surface area contributed by atoms with Crippen LogP contribution in [0.4, 0.5) is 0 Å². The van der Waals surface area contributed by atoms with Crippen molar-refractivity contribution in [3.05, 3.63) is 0 Å². The van der Waals surface area contributed by atoms with Crippen LogP contribution in [-0.4, -0.2) is 80.4 Å². The molecule has 0 aromatic heterocycles. The molecule has 0 radical (unpaired) electrons. The Balaban J connectivity index is 3.04. The van der Waals surface area contributed by atoms with E-state index in [2.05, 4.69) is 26.1 Å². The Morgan fingerprint density at radius 1 is 0.600 bits per heavy atom. The maximum Gasteiger partial charge on any atom is 0.470 e. The van der Waals surface area contributed by atoms with E-state index in [9.17, 15) is 38.6 Å². The van der Waals surface area contributed by atoms with Crippen LogP contribution in [0.2, 0.25) is 0 Å². The molecule has 1 saturated heterocycles. The number of rotatable bonds is 43. The van der Waals surface area contributed by atoms with E-state index in [0.717, 1.165) is 70.6 Å². The lowest BCUT2D eigenvalue weighted by atomic mass is 9.97. The molecule has 1 amide bonds. The SMILES string of the molecule is CCCCCCCCCCCCCC(=O)OC(CCCCCCCCCCC)CC(=O)N[C@@H]1[C@@H](OC(=O)CCCCCCCCCCCCC)[C@H](OP(=O)(O)O)[C@@H](CO)O[C@H]1SC(C)=O. The molecule has 6 atom stereocenters. The number of phosphoric ester groups is 1. The molecule has 0 aliphatic carbocycles. The van der Waals surface area contributed by atoms with Crippen LogP contribution >= 0.6 is 19.6 Å². The molecule has 1 rings (SSSR count). The van der Waals surface area contributed by atoms with Gasteiger partial charge in [-0.2, -0.15) is 0 Å². The number of ether oxygens (including phenoxy) is 3. The van der Waals surface area contributed by atoms with Gasteiger partial charge >= 0.3 is 19.8 Å². The maximum absolute atomic E-state index is 14.0. The fourth-order valence-electron chi connectivity index (χ4n) is 8.55. The molecule has 65 heavy (non-hydrogen) atoms. The minimum atomic E-state index is -5.24. The van der Waals surface area contributed by atoms with Crippen LogP contribution in [0, 0.1) is 0 Å². The molecule has 0 aromatic carbocycles. The molecule has 4 N–H and O–H groups in total. The van der Waals surface area contributed by atoms with Crippen molar-refractivity contribution in [1.29, 1.82) is 0 Å². The topological polar surface area (TPSA) is 195 Å². The zero-order valence-corrected chi connectivity index (χ0v) is 43.0. The number of carbonyl (C=O) groups is 4. The highest BCUT2D eigenvalue weighted by Crippen LogP contribution is 2.43. The van der Waals surface area contributed by atoms with Gasteiger partial charge in [0.2, 0.25) is 5.91 Å². The summed E-state index contributed by atoms with van der Waals surface area (Å²) >= 11 is 0.696. The number of hydrogen-bond acceptors (Lipinski definition) is 11. The van der Waals surface area contributed by atoms with Gasteiger partial charge in [0.1, 0.15) is 29.8 Å². The third-order valence-corrected chi connectivity index (χ3v) is 13.8. The van der Waals surface area contributed by atoms with Crippen LogP contribution in [0.5, 0.6) is 0 Å². The van der Waals surface area contributed by atoms with E-state index < -0.39 is 67.3 Å². The molecule has 0 bridgehead atoms. The number of esters is 2. The highest BCUT2D eigenvalue weighted by atomic mass is 32.2. The number of amides is 1. The molecule has 0 aromatic rings. The fourth-order valence-corrected chi connectivity index (χ4v) is 10.0. The fraction of sp³-hybridized carbons (Fsp3) is 0.920. The van der Waals surface area contributed by atoms with Gasteiger partial charge < -0.3 is 34.4 Å². The van der Waals surface area contributed by atoms with Crippen molar-refractivity contribution < 1.29 is 57.4 Å². The van der Waals surface area contributed by atoms with Gasteiger partial charge in [0.15, 0.2) is 11.2 Å². The Hall–Kier alpha value is -1.54. The van der Waals surface area contributed by atoms with Gasteiger partial charge in [0, 0.05) is 19.8 Å². The highest BCUT2D eigenvalue weighted by Gasteiger charge is 2.52. The van der Waals surface area contributed by atoms with Crippen molar-refractivity contribution in [3.8, 4) is 0 Å². The molecular weight excluding hydrogens is 870 g/mol. The average Bonchev–Trinajstić information content (AvgIpc) is 3.25. The molecule has 1 aliphatic heterocycles. The number of unbranched alkanes of at least 4 members (excludes halogenated alkanes) is 28. The first kappa shape index (κ1) is 61.5. The summed E-state index contributed by atoms with van der Waals surface area (Å²) in [6.45, 7) is 7.15. The number of carbonyl (C=O) groups excluding carboxylic acids is 4. The number of aliphatic hydroxyl groups excluding tert-OH is 1. The van der Waals surface area contributed by atoms with E-state index in [1.807, 2.05) is 0 Å². The number of hydrogen-bond donors (Lipinski definition) is 4. The number of aliphatic hydroxyl groups is 1. The van der Waals surface area contributed by atoms with Crippen molar-refractivity contribution >= 4 is 42.5 Å². The second kappa shape index (κ2) is 40.4. The Morgan fingerprint density at radius 2 is 1.00 bits per heavy atom. The Morgan fingerprint density at radius 3 is 1.40 bits per heavy atom. The number of thioether (sulfide) groups is 1. The van der Waals surface area contributed by atoms with Crippen LogP contribution in [0.3, 0.4) is 0 Å². The summed E-state index contributed by atoms with van der Waals surface area (Å²) in [7, 11) is -5.24. The highest BCUT2D eigenvalue weighted by molar-refractivity contribution is 8.14. The summed E-state index contributed by atoms with van der Waals surface area (Å²) in [5.41, 5.74) is -1.20. The zero-order valence-electron chi connectivity index (χ0n) is 41.3. The van der Waals surface area contributed by atoms with E-state index in [-0.39, 0.29) is 25.2 Å². The summed E-state index contributed by atoms with van der Waals surface area (Å²) in [4.78, 5) is 72.8. The first-order valence-electron chi connectivity index (χ1n) is 26.2. The molecule has 382 valence electrons. The molecular formula is C50H94NO12PS. The number of nitrogens with one attached hydrogen (secondary N) is 1. The standard InChI is InChI=1S/C50H94NO12PS/c1-5-8-11-14-17-20-22-25-28-31-34-37-45(55)60-42(36-33-30-27-24-19-16-13-10-7-3)39-44(54)51-47-49(48(63-64(57,58)59)43(40-52)61-50(47)65-41(4)53)62-46(56)38-35-32-29-26-23-21-18-15-12-9-6-2/h42-43,47-50,52H,5-40H2,1-4H3,(H,51,54)(H2,57,58,59)/t42?,43-,47-,48-,49-,50+/m1/s1. The van der Waals surface area contributed by atoms with Gasteiger partial charge in [-0.25, -0.2) is 4.57 Å². The molecule has 1 fully saturated rings. The molecule has 1 aliphatic rings. The van der Waals surface area contributed by atoms with Gasteiger partial charge in [0.05, 0.1) is 13.0 Å². The minimum Gasteiger partial charge on any atom is -0.462 e. The van der Waals surface area contributed by atoms with Crippen LogP contribution in [0.15, 0.2) is 0 Å². The Labute approximate surface area is 398 Å². The van der Waals surface area contributed by atoms with E-state index >= 15 is 0 Å². The first-order valence-corrected chi connectivity index (χ1v) is 28.6. The molecule has 15 heteroatoms. The lowest BCUT2D eigenvalue weighted by Crippen LogP contribution is -2.65. The minimum absolute atomic E-state index is 0.0157. The summed E-state index contributed by atoms with van der Waals surface area (Å²) in [6, 6.07) is -1.31. The van der Waals surface area contributed by atoms with Gasteiger partial charge in [-0.15, -0.1) is 0 Å². The average molecular weight is 964 g/mol. The summed E-state index contributed by atoms with van der Waals surface area (Å²) in [5.74, 6) is -1.62. The van der Waals surface area contributed by atoms with Crippen LogP contribution < -0.4 is 5.32 Å². The van der Waals surface area contributed by atoms with E-state index in [1.165, 1.54) is 122 Å². The third kappa shape index (κ3) is 33.6. The van der Waals surface area contributed by atoms with E-state index in [4.69, 9.17) is 18.7 Å². The largest absolute Gasteiger partial charge is 0.470 e. The van der Waals surface area contributed by atoms with Crippen LogP contribution in [-0.2, 0) is 42.5 Å². The van der Waals surface area contributed by atoms with Crippen LogP contribution in [0.1, 0.15) is 252 Å². The Bertz CT molecular complexity index is 1270. The quantitative estimate of drug-likeness (QED) is 0.0256. The smallest absolute Gasteiger partial charge is 0.462 e. The lowest BCUT2D eigenvalue weighted by molar-refractivity contribution is -0.193. The molecule has 0 spiro atoms. The predicted octanol–water partition coefficient (Wildman–Crippen LogP) is 12.5. The van der Waals surface area contributed by atoms with Gasteiger partial charge in [-0.1, -0.05) is 212 Å². The first-order chi connectivity index (χ1) is 31.3. The third-order valence-electron chi connectivity index (χ3n) is 12.3. The second-order valence-electron chi connectivity index (χ2n) is 18.4. The van der Waals surface area contributed by atoms with E-state index in [1.54, 1.807) is 0 Å². The second-order valence-corrected chi connectivity index (χ2v) is 20.9. The monoisotopic (exact) mass is 964 g/mol. The molecule has 1 unspecified atom stereocenters. The van der Waals surface area contributed by atoms with Gasteiger partial charge in [0.25, 0.3) is 0 Å². The number of phosphoric acid groups is 1. The zero-order chi connectivity index (χ0) is 48.0. The van der Waals surface area contributed by atoms with Crippen molar-refractivity contribution in [2.24, 2.45) is 0 Å². The van der Waals surface area contributed by atoms with Crippen molar-refractivity contribution in [3.63, 3.8) is 0 Å². The summed E-state index contributed by atoms with van der Waals surface area (Å²) in [5, 5.41) is 12.7. The summed E-state index contributed by atoms with van der Waals surface area (Å²) < 4.78 is 35.1. The van der Waals surface area contributed by atoms with Crippen molar-refractivity contribution in [2.45, 2.75) is 288 Å². The van der Waals surface area contributed by atoms with E-state index in [0.29, 0.717) is 31.0 Å². The normalized spacial score (nSPS) is 19.2. The molecule has 13 nitrogen and oxygen atoms in total. The Kier molecular flexibility index (Phi) is 38.2. The van der Waals surface area contributed by atoms with Gasteiger partial charge in [-0.05, 0) is 25.7 Å². The maximum atomic E-state index is 14.0. The molecule has 0 saturated carbocycles. The predicted molar refractivity (Wildman–Crippen MR) is 261 cm³/mol. The molecule has 1 heterocycles. The van der Waals surface area contributed by atoms with Crippen LogP contribution in [0.25, 0.3) is 0 Å².